The van der Waals surface area contributed by atoms with Crippen molar-refractivity contribution in [2.24, 2.45) is 0 Å². The van der Waals surface area contributed by atoms with E-state index in [1.807, 2.05) is 37.3 Å². The van der Waals surface area contributed by atoms with Gasteiger partial charge in [-0.3, -0.25) is 4.79 Å². The van der Waals surface area contributed by atoms with Crippen molar-refractivity contribution in [1.82, 2.24) is 14.8 Å². The molecule has 0 aliphatic rings. The fourth-order valence-electron chi connectivity index (χ4n) is 3.28. The molecule has 8 heteroatoms. The molecule has 0 saturated carbocycles. The number of carbonyl (C=O) groups excluding carboxylic acids is 2. The van der Waals surface area contributed by atoms with Crippen molar-refractivity contribution in [3.63, 3.8) is 0 Å². The summed E-state index contributed by atoms with van der Waals surface area (Å²) < 4.78 is 6.48. The number of esters is 1. The van der Waals surface area contributed by atoms with Crippen LogP contribution in [0.1, 0.15) is 27.6 Å². The number of benzene rings is 2. The van der Waals surface area contributed by atoms with Gasteiger partial charge in [-0.1, -0.05) is 41.9 Å². The highest BCUT2D eigenvalue weighted by Crippen LogP contribution is 2.28. The first-order valence-electron chi connectivity index (χ1n) is 9.63. The second kappa shape index (κ2) is 8.57. The zero-order valence-corrected chi connectivity index (χ0v) is 17.7. The molecular weight excluding hydrogens is 416 g/mol. The SMILES string of the molecule is CCn1ncc2c(C(=O)Nc3cc(C(=O)OC)ccc3Cl)cc(-c3ccccc3)nc21. The van der Waals surface area contributed by atoms with E-state index in [0.717, 1.165) is 5.56 Å². The van der Waals surface area contributed by atoms with Crippen LogP contribution in [0.15, 0.2) is 60.8 Å². The van der Waals surface area contributed by atoms with Crippen LogP contribution in [-0.2, 0) is 11.3 Å². The van der Waals surface area contributed by atoms with Gasteiger partial charge < -0.3 is 10.1 Å². The van der Waals surface area contributed by atoms with E-state index in [9.17, 15) is 9.59 Å². The first kappa shape index (κ1) is 20.6. The molecule has 0 aliphatic heterocycles. The van der Waals surface area contributed by atoms with Gasteiger partial charge in [-0.25, -0.2) is 14.5 Å². The third-order valence-corrected chi connectivity index (χ3v) is 5.19. The highest BCUT2D eigenvalue weighted by atomic mass is 35.5. The average Bonchev–Trinajstić information content (AvgIpc) is 3.23. The van der Waals surface area contributed by atoms with Crippen LogP contribution in [0.2, 0.25) is 5.02 Å². The maximum atomic E-state index is 13.3. The average molecular weight is 435 g/mol. The van der Waals surface area contributed by atoms with Crippen molar-refractivity contribution >= 4 is 40.2 Å². The van der Waals surface area contributed by atoms with Crippen LogP contribution in [0.25, 0.3) is 22.3 Å². The number of aryl methyl sites for hydroxylation is 1. The van der Waals surface area contributed by atoms with E-state index in [1.165, 1.54) is 25.3 Å². The molecule has 7 nitrogen and oxygen atoms in total. The van der Waals surface area contributed by atoms with E-state index in [4.69, 9.17) is 21.3 Å². The first-order valence-corrected chi connectivity index (χ1v) is 10.0. The predicted molar refractivity (Wildman–Crippen MR) is 119 cm³/mol. The normalized spacial score (nSPS) is 10.8. The molecule has 4 aromatic rings. The Morgan fingerprint density at radius 2 is 1.90 bits per heavy atom. The van der Waals surface area contributed by atoms with Crippen molar-refractivity contribution in [3.05, 3.63) is 76.9 Å². The van der Waals surface area contributed by atoms with Crippen molar-refractivity contribution in [2.75, 3.05) is 12.4 Å². The fourth-order valence-corrected chi connectivity index (χ4v) is 3.44. The van der Waals surface area contributed by atoms with Gasteiger partial charge in [0, 0.05) is 12.1 Å². The van der Waals surface area contributed by atoms with E-state index < -0.39 is 5.97 Å². The summed E-state index contributed by atoms with van der Waals surface area (Å²) in [4.78, 5) is 29.8. The lowest BCUT2D eigenvalue weighted by atomic mass is 10.1. The van der Waals surface area contributed by atoms with Crippen LogP contribution in [0.3, 0.4) is 0 Å². The second-order valence-electron chi connectivity index (χ2n) is 6.76. The number of nitrogens with zero attached hydrogens (tertiary/aromatic N) is 3. The quantitative estimate of drug-likeness (QED) is 0.455. The Hall–Kier alpha value is -3.71. The van der Waals surface area contributed by atoms with Crippen molar-refractivity contribution in [3.8, 4) is 11.3 Å². The summed E-state index contributed by atoms with van der Waals surface area (Å²) in [7, 11) is 1.29. The summed E-state index contributed by atoms with van der Waals surface area (Å²) in [5.41, 5.74) is 3.15. The van der Waals surface area contributed by atoms with Gasteiger partial charge in [-0.2, -0.15) is 5.10 Å². The summed E-state index contributed by atoms with van der Waals surface area (Å²) in [6, 6.07) is 15.9. The van der Waals surface area contributed by atoms with Gasteiger partial charge >= 0.3 is 5.97 Å². The molecule has 2 aromatic carbocycles. The molecule has 0 spiro atoms. The van der Waals surface area contributed by atoms with Gasteiger partial charge in [-0.05, 0) is 31.2 Å². The molecule has 0 fully saturated rings. The van der Waals surface area contributed by atoms with Crippen molar-refractivity contribution in [1.29, 1.82) is 0 Å². The number of anilines is 1. The molecule has 0 radical (unpaired) electrons. The largest absolute Gasteiger partial charge is 0.465 e. The standard InChI is InChI=1S/C23H19ClN4O3/c1-3-28-21-17(13-25-28)16(12-19(26-21)14-7-5-4-6-8-14)22(29)27-20-11-15(23(30)31-2)9-10-18(20)24/h4-13H,3H2,1-2H3,(H,27,29). The van der Waals surface area contributed by atoms with Gasteiger partial charge in [0.25, 0.3) is 5.91 Å². The lowest BCUT2D eigenvalue weighted by Gasteiger charge is -2.11. The molecule has 0 bridgehead atoms. The van der Waals surface area contributed by atoms with Crippen LogP contribution in [0.4, 0.5) is 5.69 Å². The summed E-state index contributed by atoms with van der Waals surface area (Å²) in [6.07, 6.45) is 1.63. The Bertz CT molecular complexity index is 1280. The molecule has 1 N–H and O–H groups in total. The molecule has 0 saturated heterocycles. The highest BCUT2D eigenvalue weighted by molar-refractivity contribution is 6.34. The summed E-state index contributed by atoms with van der Waals surface area (Å²) in [5, 5.41) is 8.08. The zero-order valence-electron chi connectivity index (χ0n) is 16.9. The van der Waals surface area contributed by atoms with Crippen LogP contribution in [0.5, 0.6) is 0 Å². The Balaban J connectivity index is 1.79. The Morgan fingerprint density at radius 1 is 1.13 bits per heavy atom. The summed E-state index contributed by atoms with van der Waals surface area (Å²) >= 11 is 6.25. The van der Waals surface area contributed by atoms with Crippen molar-refractivity contribution < 1.29 is 14.3 Å². The third kappa shape index (κ3) is 4.00. The number of hydrogen-bond acceptors (Lipinski definition) is 5. The second-order valence-corrected chi connectivity index (χ2v) is 7.17. The van der Waals surface area contributed by atoms with Gasteiger partial charge in [0.05, 0.1) is 46.2 Å². The maximum absolute atomic E-state index is 13.3. The minimum absolute atomic E-state index is 0.283. The summed E-state index contributed by atoms with van der Waals surface area (Å²) in [6.45, 7) is 2.57. The van der Waals surface area contributed by atoms with Crippen molar-refractivity contribution in [2.45, 2.75) is 13.5 Å². The number of hydrogen-bond donors (Lipinski definition) is 1. The van der Waals surface area contributed by atoms with E-state index in [2.05, 4.69) is 10.4 Å². The Morgan fingerprint density at radius 3 is 2.61 bits per heavy atom. The number of nitrogens with one attached hydrogen (secondary N) is 1. The highest BCUT2D eigenvalue weighted by Gasteiger charge is 2.19. The van der Waals surface area contributed by atoms with Crippen LogP contribution in [0, 0.1) is 0 Å². The molecule has 0 aliphatic carbocycles. The molecule has 0 unspecified atom stereocenters. The number of rotatable bonds is 5. The first-order chi connectivity index (χ1) is 15.0. The van der Waals surface area contributed by atoms with Crippen LogP contribution >= 0.6 is 11.6 Å². The molecule has 2 heterocycles. The van der Waals surface area contributed by atoms with E-state index in [0.29, 0.717) is 39.5 Å². The monoisotopic (exact) mass is 434 g/mol. The number of carbonyl (C=O) groups is 2. The van der Waals surface area contributed by atoms with Crippen LogP contribution < -0.4 is 5.32 Å². The molecule has 156 valence electrons. The number of ether oxygens (including phenoxy) is 1. The predicted octanol–water partition coefficient (Wildman–Crippen LogP) is 4.81. The number of fused-ring (bicyclic) bond motifs is 1. The molecule has 4 rings (SSSR count). The Kier molecular flexibility index (Phi) is 5.68. The number of methoxy groups -OCH3 is 1. The maximum Gasteiger partial charge on any atom is 0.337 e. The molecule has 2 aromatic heterocycles. The smallest absolute Gasteiger partial charge is 0.337 e. The molecule has 31 heavy (non-hydrogen) atoms. The number of pyridine rings is 1. The number of halogens is 1. The van der Waals surface area contributed by atoms with Crippen LogP contribution in [-0.4, -0.2) is 33.8 Å². The van der Waals surface area contributed by atoms with Gasteiger partial charge in [-0.15, -0.1) is 0 Å². The molecule has 1 amide bonds. The van der Waals surface area contributed by atoms with Gasteiger partial charge in [0.1, 0.15) is 0 Å². The minimum atomic E-state index is -0.519. The van der Waals surface area contributed by atoms with E-state index >= 15 is 0 Å². The zero-order chi connectivity index (χ0) is 22.0. The number of amides is 1. The lowest BCUT2D eigenvalue weighted by molar-refractivity contribution is 0.0600. The topological polar surface area (TPSA) is 86.1 Å². The number of aromatic nitrogens is 3. The third-order valence-electron chi connectivity index (χ3n) is 4.86. The fraction of sp³-hybridized carbons (Fsp3) is 0.130. The van der Waals surface area contributed by atoms with Gasteiger partial charge in [0.15, 0.2) is 5.65 Å². The van der Waals surface area contributed by atoms with Gasteiger partial charge in [0.2, 0.25) is 0 Å². The molecular formula is C23H19ClN4O3. The minimum Gasteiger partial charge on any atom is -0.465 e. The Labute approximate surface area is 183 Å². The molecule has 0 atom stereocenters. The van der Waals surface area contributed by atoms with E-state index in [1.54, 1.807) is 16.9 Å². The lowest BCUT2D eigenvalue weighted by Crippen LogP contribution is -2.14. The van der Waals surface area contributed by atoms with E-state index in [-0.39, 0.29) is 11.5 Å². The summed E-state index contributed by atoms with van der Waals surface area (Å²) in [5.74, 6) is -0.904.